The number of hydrogen-bond donors (Lipinski definition) is 1. The minimum atomic E-state index is -0.865. The highest BCUT2D eigenvalue weighted by molar-refractivity contribution is 5.73. The fraction of sp³-hybridized carbons (Fsp3) is 0.600. The monoisotopic (exact) mass is 210 g/mol. The predicted octanol–water partition coefficient (Wildman–Crippen LogP) is 0.681. The molecule has 1 N–H and O–H groups in total. The van der Waals surface area contributed by atoms with Crippen molar-refractivity contribution in [2.45, 2.75) is 26.0 Å². The van der Waals surface area contributed by atoms with Crippen molar-refractivity contribution in [3.05, 3.63) is 18.2 Å². The van der Waals surface area contributed by atoms with Crippen molar-refractivity contribution in [2.75, 3.05) is 6.61 Å². The van der Waals surface area contributed by atoms with Gasteiger partial charge >= 0.3 is 5.97 Å². The van der Waals surface area contributed by atoms with Gasteiger partial charge in [0.05, 0.1) is 6.33 Å². The summed E-state index contributed by atoms with van der Waals surface area (Å²) in [4.78, 5) is 14.9. The Morgan fingerprint density at radius 1 is 1.80 bits per heavy atom. The summed E-state index contributed by atoms with van der Waals surface area (Å²) in [6.07, 6.45) is 3.64. The maximum Gasteiger partial charge on any atom is 0.333 e. The fourth-order valence-electron chi connectivity index (χ4n) is 1.92. The molecule has 0 spiro atoms. The van der Waals surface area contributed by atoms with E-state index in [9.17, 15) is 4.79 Å². The molecule has 0 radical (unpaired) electrons. The Morgan fingerprint density at radius 3 is 3.20 bits per heavy atom. The molecule has 1 aliphatic heterocycles. The summed E-state index contributed by atoms with van der Waals surface area (Å²) in [5, 5.41) is 8.93. The molecule has 2 heterocycles. The maximum atomic E-state index is 10.9. The van der Waals surface area contributed by atoms with Crippen LogP contribution in [-0.2, 0) is 16.1 Å². The van der Waals surface area contributed by atoms with Crippen LogP contribution in [0.1, 0.15) is 12.1 Å². The first-order valence-corrected chi connectivity index (χ1v) is 4.99. The van der Waals surface area contributed by atoms with Crippen molar-refractivity contribution in [3.8, 4) is 0 Å². The molecule has 0 aromatic carbocycles. The zero-order chi connectivity index (χ0) is 10.8. The molecule has 1 aromatic rings. The average molecular weight is 210 g/mol. The Kier molecular flexibility index (Phi) is 2.73. The summed E-state index contributed by atoms with van der Waals surface area (Å²) in [7, 11) is 0. The summed E-state index contributed by atoms with van der Waals surface area (Å²) in [6.45, 7) is 3.16. The fourth-order valence-corrected chi connectivity index (χ4v) is 1.92. The molecule has 2 rings (SSSR count). The second kappa shape index (κ2) is 4.02. The molecule has 0 saturated carbocycles. The number of aliphatic carboxylic acids is 1. The molecule has 1 fully saturated rings. The zero-order valence-electron chi connectivity index (χ0n) is 8.59. The van der Waals surface area contributed by atoms with Gasteiger partial charge in [0, 0.05) is 31.0 Å². The van der Waals surface area contributed by atoms with Crippen LogP contribution in [0.5, 0.6) is 0 Å². The van der Waals surface area contributed by atoms with Gasteiger partial charge in [-0.15, -0.1) is 0 Å². The van der Waals surface area contributed by atoms with Crippen LogP contribution in [0.25, 0.3) is 0 Å². The van der Waals surface area contributed by atoms with Crippen LogP contribution in [0, 0.1) is 12.8 Å². The van der Waals surface area contributed by atoms with Crippen LogP contribution in [0.4, 0.5) is 0 Å². The van der Waals surface area contributed by atoms with Gasteiger partial charge < -0.3 is 14.4 Å². The number of nitrogens with zero attached hydrogens (tertiary/aromatic N) is 2. The summed E-state index contributed by atoms with van der Waals surface area (Å²) < 4.78 is 7.15. The van der Waals surface area contributed by atoms with Crippen molar-refractivity contribution in [2.24, 2.45) is 5.92 Å². The lowest BCUT2D eigenvalue weighted by Gasteiger charge is -2.15. The van der Waals surface area contributed by atoms with Gasteiger partial charge in [-0.05, 0) is 13.3 Å². The predicted molar refractivity (Wildman–Crippen MR) is 52.4 cm³/mol. The number of aryl methyl sites for hydroxylation is 1. The summed E-state index contributed by atoms with van der Waals surface area (Å²) in [5.74, 6) is -0.814. The lowest BCUT2D eigenvalue weighted by Crippen LogP contribution is -2.29. The van der Waals surface area contributed by atoms with Gasteiger partial charge in [0.15, 0.2) is 6.10 Å². The maximum absolute atomic E-state index is 10.9. The number of aromatic nitrogens is 2. The van der Waals surface area contributed by atoms with Gasteiger partial charge in [-0.3, -0.25) is 0 Å². The highest BCUT2D eigenvalue weighted by Gasteiger charge is 2.34. The third kappa shape index (κ3) is 2.02. The second-order valence-electron chi connectivity index (χ2n) is 3.87. The van der Waals surface area contributed by atoms with Gasteiger partial charge in [-0.2, -0.15) is 0 Å². The second-order valence-corrected chi connectivity index (χ2v) is 3.87. The lowest BCUT2D eigenvalue weighted by atomic mass is 10.0. The molecule has 0 aliphatic carbocycles. The van der Waals surface area contributed by atoms with Crippen LogP contribution in [0.2, 0.25) is 0 Å². The van der Waals surface area contributed by atoms with E-state index in [1.165, 1.54) is 0 Å². The van der Waals surface area contributed by atoms with E-state index < -0.39 is 12.1 Å². The molecule has 5 nitrogen and oxygen atoms in total. The van der Waals surface area contributed by atoms with Crippen molar-refractivity contribution >= 4 is 5.97 Å². The van der Waals surface area contributed by atoms with Crippen molar-refractivity contribution in [1.29, 1.82) is 0 Å². The third-order valence-corrected chi connectivity index (χ3v) is 2.81. The van der Waals surface area contributed by atoms with Crippen molar-refractivity contribution in [3.63, 3.8) is 0 Å². The minimum Gasteiger partial charge on any atom is -0.479 e. The number of carboxylic acids is 1. The molecule has 0 unspecified atom stereocenters. The van der Waals surface area contributed by atoms with Crippen molar-refractivity contribution in [1.82, 2.24) is 9.55 Å². The molecular weight excluding hydrogens is 196 g/mol. The highest BCUT2D eigenvalue weighted by Crippen LogP contribution is 2.23. The number of rotatable bonds is 3. The van der Waals surface area contributed by atoms with Crippen LogP contribution < -0.4 is 0 Å². The van der Waals surface area contributed by atoms with Crippen LogP contribution >= 0.6 is 0 Å². The molecule has 1 aromatic heterocycles. The van der Waals surface area contributed by atoms with E-state index in [1.807, 2.05) is 11.5 Å². The Hall–Kier alpha value is -1.36. The number of ether oxygens (including phenoxy) is 1. The van der Waals surface area contributed by atoms with Gasteiger partial charge in [0.25, 0.3) is 0 Å². The largest absolute Gasteiger partial charge is 0.479 e. The quantitative estimate of drug-likeness (QED) is 0.796. The number of carboxylic acid groups (broad SMARTS) is 1. The Balaban J connectivity index is 2.06. The average Bonchev–Trinajstić information content (AvgIpc) is 2.77. The lowest BCUT2D eigenvalue weighted by molar-refractivity contribution is -0.149. The number of imidazole rings is 1. The molecule has 0 amide bonds. The third-order valence-electron chi connectivity index (χ3n) is 2.81. The number of carbonyl (C=O) groups is 1. The SMILES string of the molecule is Cc1cncn1C[C@@H]1CCO[C@@H]1C(=O)O. The first-order chi connectivity index (χ1) is 7.18. The molecule has 15 heavy (non-hydrogen) atoms. The highest BCUT2D eigenvalue weighted by atomic mass is 16.5. The van der Waals surface area contributed by atoms with E-state index in [1.54, 1.807) is 12.5 Å². The number of hydrogen-bond acceptors (Lipinski definition) is 3. The van der Waals surface area contributed by atoms with E-state index in [0.29, 0.717) is 13.2 Å². The zero-order valence-corrected chi connectivity index (χ0v) is 8.59. The molecule has 5 heteroatoms. The first-order valence-electron chi connectivity index (χ1n) is 4.99. The van der Waals surface area contributed by atoms with E-state index in [0.717, 1.165) is 12.1 Å². The molecule has 82 valence electrons. The summed E-state index contributed by atoms with van der Waals surface area (Å²) >= 11 is 0. The standard InChI is InChI=1S/C10H14N2O3/c1-7-4-11-6-12(7)5-8-2-3-15-9(8)10(13)14/h4,6,8-9H,2-3,5H2,1H3,(H,13,14)/t8-,9-/m0/s1. The van der Waals surface area contributed by atoms with E-state index >= 15 is 0 Å². The molecule has 0 bridgehead atoms. The first kappa shape index (κ1) is 10.2. The van der Waals surface area contributed by atoms with Gasteiger partial charge in [0.2, 0.25) is 0 Å². The smallest absolute Gasteiger partial charge is 0.333 e. The van der Waals surface area contributed by atoms with Crippen LogP contribution in [0.3, 0.4) is 0 Å². The summed E-state index contributed by atoms with van der Waals surface area (Å²) in [6, 6.07) is 0. The van der Waals surface area contributed by atoms with Gasteiger partial charge in [-0.1, -0.05) is 0 Å². The molecule has 1 aliphatic rings. The van der Waals surface area contributed by atoms with Crippen LogP contribution in [0.15, 0.2) is 12.5 Å². The summed E-state index contributed by atoms with van der Waals surface area (Å²) in [5.41, 5.74) is 1.05. The molecule has 1 saturated heterocycles. The molecule has 2 atom stereocenters. The molecular formula is C10H14N2O3. The van der Waals surface area contributed by atoms with Gasteiger partial charge in [-0.25, -0.2) is 9.78 Å². The van der Waals surface area contributed by atoms with Gasteiger partial charge in [0.1, 0.15) is 0 Å². The minimum absolute atomic E-state index is 0.0513. The van der Waals surface area contributed by atoms with Crippen molar-refractivity contribution < 1.29 is 14.6 Å². The topological polar surface area (TPSA) is 64.4 Å². The Labute approximate surface area is 87.7 Å². The van der Waals surface area contributed by atoms with E-state index in [2.05, 4.69) is 4.98 Å². The van der Waals surface area contributed by atoms with E-state index in [-0.39, 0.29) is 5.92 Å². The Morgan fingerprint density at radius 2 is 2.60 bits per heavy atom. The Bertz CT molecular complexity index is 361. The normalized spacial score (nSPS) is 25.7. The van der Waals surface area contributed by atoms with Crippen LogP contribution in [-0.4, -0.2) is 33.3 Å². The van der Waals surface area contributed by atoms with E-state index in [4.69, 9.17) is 9.84 Å².